The first kappa shape index (κ1) is 9.26. The van der Waals surface area contributed by atoms with Crippen LogP contribution in [0.4, 0.5) is 0 Å². The molecule has 0 heterocycles. The molecule has 0 unspecified atom stereocenters. The minimum Gasteiger partial charge on any atom is -0.496 e. The standard InChI is InChI=1S/C9H9BrO2/c1-6-3-8(10)7(5-11)4-9(6)12-2/h3-5H,1-2H3. The van der Waals surface area contributed by atoms with E-state index in [1.165, 1.54) is 0 Å². The summed E-state index contributed by atoms with van der Waals surface area (Å²) in [6.45, 7) is 1.93. The van der Waals surface area contributed by atoms with Crippen molar-refractivity contribution in [2.75, 3.05) is 7.11 Å². The normalized spacial score (nSPS) is 9.58. The molecular formula is C9H9BrO2. The Balaban J connectivity index is 3.26. The summed E-state index contributed by atoms with van der Waals surface area (Å²) in [5.74, 6) is 0.736. The lowest BCUT2D eigenvalue weighted by molar-refractivity contribution is 0.112. The summed E-state index contributed by atoms with van der Waals surface area (Å²) in [5.41, 5.74) is 1.62. The van der Waals surface area contributed by atoms with Gasteiger partial charge >= 0.3 is 0 Å². The molecule has 12 heavy (non-hydrogen) atoms. The van der Waals surface area contributed by atoms with Crippen molar-refractivity contribution in [2.24, 2.45) is 0 Å². The molecular weight excluding hydrogens is 220 g/mol. The number of aryl methyl sites for hydroxylation is 1. The average Bonchev–Trinajstić information content (AvgIpc) is 2.05. The largest absolute Gasteiger partial charge is 0.496 e. The van der Waals surface area contributed by atoms with Crippen molar-refractivity contribution >= 4 is 22.2 Å². The van der Waals surface area contributed by atoms with Crippen molar-refractivity contribution in [3.63, 3.8) is 0 Å². The zero-order valence-electron chi connectivity index (χ0n) is 6.93. The first-order valence-corrected chi connectivity index (χ1v) is 4.27. The molecule has 0 saturated carbocycles. The molecule has 0 amide bonds. The Hall–Kier alpha value is -0.830. The van der Waals surface area contributed by atoms with Gasteiger partial charge in [-0.1, -0.05) is 15.9 Å². The predicted molar refractivity (Wildman–Crippen MR) is 50.8 cm³/mol. The Bertz CT molecular complexity index is 308. The van der Waals surface area contributed by atoms with Gasteiger partial charge < -0.3 is 4.74 Å². The summed E-state index contributed by atoms with van der Waals surface area (Å²) in [7, 11) is 1.59. The molecule has 0 aromatic heterocycles. The molecule has 0 aliphatic heterocycles. The zero-order valence-corrected chi connectivity index (χ0v) is 8.51. The highest BCUT2D eigenvalue weighted by molar-refractivity contribution is 9.10. The van der Waals surface area contributed by atoms with Gasteiger partial charge in [-0.25, -0.2) is 0 Å². The van der Waals surface area contributed by atoms with Gasteiger partial charge in [-0.2, -0.15) is 0 Å². The van der Waals surface area contributed by atoms with Gasteiger partial charge in [0.1, 0.15) is 5.75 Å². The van der Waals surface area contributed by atoms with E-state index in [0.29, 0.717) is 5.56 Å². The SMILES string of the molecule is COc1cc(C=O)c(Br)cc1C. The van der Waals surface area contributed by atoms with Gasteiger partial charge in [-0.15, -0.1) is 0 Å². The Morgan fingerprint density at radius 2 is 2.17 bits per heavy atom. The molecule has 0 spiro atoms. The van der Waals surface area contributed by atoms with E-state index >= 15 is 0 Å². The smallest absolute Gasteiger partial charge is 0.151 e. The van der Waals surface area contributed by atoms with Crippen molar-refractivity contribution < 1.29 is 9.53 Å². The van der Waals surface area contributed by atoms with Crippen molar-refractivity contribution in [3.8, 4) is 5.75 Å². The van der Waals surface area contributed by atoms with Gasteiger partial charge in [-0.3, -0.25) is 4.79 Å². The van der Waals surface area contributed by atoms with Crippen LogP contribution in [0.15, 0.2) is 16.6 Å². The van der Waals surface area contributed by atoms with E-state index in [0.717, 1.165) is 22.1 Å². The van der Waals surface area contributed by atoms with Crippen molar-refractivity contribution in [2.45, 2.75) is 6.92 Å². The number of carbonyl (C=O) groups excluding carboxylic acids is 1. The second-order valence-electron chi connectivity index (χ2n) is 2.46. The molecule has 0 aliphatic carbocycles. The second kappa shape index (κ2) is 3.72. The van der Waals surface area contributed by atoms with Crippen LogP contribution in [-0.4, -0.2) is 13.4 Å². The van der Waals surface area contributed by atoms with Crippen LogP contribution < -0.4 is 4.74 Å². The van der Waals surface area contributed by atoms with Gasteiger partial charge in [0.2, 0.25) is 0 Å². The molecule has 0 N–H and O–H groups in total. The Morgan fingerprint density at radius 3 is 2.67 bits per heavy atom. The van der Waals surface area contributed by atoms with Crippen molar-refractivity contribution in [1.29, 1.82) is 0 Å². The van der Waals surface area contributed by atoms with Crippen LogP contribution in [0.3, 0.4) is 0 Å². The third-order valence-electron chi connectivity index (χ3n) is 1.64. The fourth-order valence-electron chi connectivity index (χ4n) is 0.979. The van der Waals surface area contributed by atoms with Gasteiger partial charge in [0.25, 0.3) is 0 Å². The van der Waals surface area contributed by atoms with Gasteiger partial charge in [0.05, 0.1) is 7.11 Å². The predicted octanol–water partition coefficient (Wildman–Crippen LogP) is 2.58. The fourth-order valence-corrected chi connectivity index (χ4v) is 1.53. The van der Waals surface area contributed by atoms with E-state index in [1.807, 2.05) is 13.0 Å². The monoisotopic (exact) mass is 228 g/mol. The highest BCUT2D eigenvalue weighted by Crippen LogP contribution is 2.25. The maximum atomic E-state index is 10.5. The molecule has 0 radical (unpaired) electrons. The molecule has 0 bridgehead atoms. The van der Waals surface area contributed by atoms with E-state index in [2.05, 4.69) is 15.9 Å². The van der Waals surface area contributed by atoms with Crippen molar-refractivity contribution in [1.82, 2.24) is 0 Å². The fraction of sp³-hybridized carbons (Fsp3) is 0.222. The van der Waals surface area contributed by atoms with Crippen LogP contribution >= 0.6 is 15.9 Å². The number of ether oxygens (including phenoxy) is 1. The first-order chi connectivity index (χ1) is 5.69. The van der Waals surface area contributed by atoms with E-state index in [4.69, 9.17) is 4.74 Å². The van der Waals surface area contributed by atoms with Crippen LogP contribution in [0.2, 0.25) is 0 Å². The lowest BCUT2D eigenvalue weighted by atomic mass is 10.1. The Morgan fingerprint density at radius 1 is 1.50 bits per heavy atom. The number of halogens is 1. The minimum absolute atomic E-state index is 0.609. The number of hydrogen-bond donors (Lipinski definition) is 0. The summed E-state index contributed by atoms with van der Waals surface area (Å²) in [5, 5.41) is 0. The molecule has 0 fully saturated rings. The van der Waals surface area contributed by atoms with E-state index in [9.17, 15) is 4.79 Å². The van der Waals surface area contributed by atoms with E-state index in [-0.39, 0.29) is 0 Å². The number of benzene rings is 1. The Labute approximate surface area is 79.7 Å². The molecule has 1 aromatic rings. The molecule has 64 valence electrons. The summed E-state index contributed by atoms with van der Waals surface area (Å²) in [4.78, 5) is 10.5. The topological polar surface area (TPSA) is 26.3 Å². The minimum atomic E-state index is 0.609. The third-order valence-corrected chi connectivity index (χ3v) is 2.33. The summed E-state index contributed by atoms with van der Waals surface area (Å²) < 4.78 is 5.86. The second-order valence-corrected chi connectivity index (χ2v) is 3.32. The molecule has 0 saturated heterocycles. The number of carbonyl (C=O) groups is 1. The summed E-state index contributed by atoms with van der Waals surface area (Å²) in [6.07, 6.45) is 0.798. The summed E-state index contributed by atoms with van der Waals surface area (Å²) in [6, 6.07) is 3.58. The lowest BCUT2D eigenvalue weighted by Gasteiger charge is -2.05. The Kier molecular flexibility index (Phi) is 2.87. The third kappa shape index (κ3) is 1.67. The zero-order chi connectivity index (χ0) is 9.14. The van der Waals surface area contributed by atoms with Crippen molar-refractivity contribution in [3.05, 3.63) is 27.7 Å². The highest BCUT2D eigenvalue weighted by atomic mass is 79.9. The molecule has 1 aromatic carbocycles. The van der Waals surface area contributed by atoms with Crippen LogP contribution in [0.1, 0.15) is 15.9 Å². The van der Waals surface area contributed by atoms with Crippen LogP contribution in [0.25, 0.3) is 0 Å². The van der Waals surface area contributed by atoms with Crippen LogP contribution in [-0.2, 0) is 0 Å². The van der Waals surface area contributed by atoms with E-state index in [1.54, 1.807) is 13.2 Å². The first-order valence-electron chi connectivity index (χ1n) is 3.48. The van der Waals surface area contributed by atoms with Crippen LogP contribution in [0, 0.1) is 6.92 Å². The molecule has 0 atom stereocenters. The molecule has 1 rings (SSSR count). The maximum absolute atomic E-state index is 10.5. The van der Waals surface area contributed by atoms with Gasteiger partial charge in [0, 0.05) is 10.0 Å². The molecule has 2 nitrogen and oxygen atoms in total. The molecule has 3 heteroatoms. The average molecular weight is 229 g/mol. The summed E-state index contributed by atoms with van der Waals surface area (Å²) >= 11 is 3.28. The highest BCUT2D eigenvalue weighted by Gasteiger charge is 2.04. The van der Waals surface area contributed by atoms with Crippen LogP contribution in [0.5, 0.6) is 5.75 Å². The van der Waals surface area contributed by atoms with E-state index < -0.39 is 0 Å². The number of hydrogen-bond acceptors (Lipinski definition) is 2. The number of methoxy groups -OCH3 is 1. The maximum Gasteiger partial charge on any atom is 0.151 e. The molecule has 0 aliphatic rings. The van der Waals surface area contributed by atoms with Gasteiger partial charge in [0.15, 0.2) is 6.29 Å². The lowest BCUT2D eigenvalue weighted by Crippen LogP contribution is -1.90. The number of aldehydes is 1. The quantitative estimate of drug-likeness (QED) is 0.728. The van der Waals surface area contributed by atoms with Gasteiger partial charge in [-0.05, 0) is 24.6 Å². The number of rotatable bonds is 2.